The van der Waals surface area contributed by atoms with E-state index in [1.807, 2.05) is 0 Å². The van der Waals surface area contributed by atoms with Gasteiger partial charge in [-0.05, 0) is 32.4 Å². The van der Waals surface area contributed by atoms with E-state index >= 15 is 0 Å². The van der Waals surface area contributed by atoms with Gasteiger partial charge in [0.05, 0.1) is 16.2 Å². The molecule has 15 heavy (non-hydrogen) atoms. The largest absolute Gasteiger partial charge is 0.393 e. The van der Waals surface area contributed by atoms with Gasteiger partial charge in [0, 0.05) is 0 Å². The SMILES string of the molecule is CC(O)CC(C)S(=O)(=O)c1ccccc1. The molecule has 1 aromatic rings. The predicted octanol–water partition coefficient (Wildman–Crippen LogP) is 1.62. The molecule has 1 N–H and O–H groups in total. The third-order valence-electron chi connectivity index (χ3n) is 2.27. The van der Waals surface area contributed by atoms with Crippen molar-refractivity contribution < 1.29 is 13.5 Å². The standard InChI is InChI=1S/C11H16O3S/c1-9(12)8-10(2)15(13,14)11-6-4-3-5-7-11/h3-7,9-10,12H,8H2,1-2H3. The molecule has 2 atom stereocenters. The second kappa shape index (κ2) is 4.77. The van der Waals surface area contributed by atoms with Crippen LogP contribution in [0.1, 0.15) is 20.3 Å². The van der Waals surface area contributed by atoms with Gasteiger partial charge in [0.15, 0.2) is 9.84 Å². The molecule has 1 rings (SSSR count). The molecule has 0 fully saturated rings. The van der Waals surface area contributed by atoms with Gasteiger partial charge in [-0.1, -0.05) is 18.2 Å². The van der Waals surface area contributed by atoms with Gasteiger partial charge in [-0.2, -0.15) is 0 Å². The van der Waals surface area contributed by atoms with E-state index in [9.17, 15) is 8.42 Å². The highest BCUT2D eigenvalue weighted by atomic mass is 32.2. The average molecular weight is 228 g/mol. The third-order valence-corrected chi connectivity index (χ3v) is 4.46. The fourth-order valence-corrected chi connectivity index (χ4v) is 2.98. The van der Waals surface area contributed by atoms with Crippen molar-refractivity contribution in [3.63, 3.8) is 0 Å². The lowest BCUT2D eigenvalue weighted by molar-refractivity contribution is 0.184. The summed E-state index contributed by atoms with van der Waals surface area (Å²) in [5, 5.41) is 8.61. The van der Waals surface area contributed by atoms with Gasteiger partial charge in [-0.15, -0.1) is 0 Å². The number of sulfone groups is 1. The van der Waals surface area contributed by atoms with Crippen LogP contribution < -0.4 is 0 Å². The van der Waals surface area contributed by atoms with E-state index in [0.29, 0.717) is 4.90 Å². The molecule has 0 aliphatic heterocycles. The maximum Gasteiger partial charge on any atom is 0.181 e. The Hall–Kier alpha value is -0.870. The molecule has 2 unspecified atom stereocenters. The Balaban J connectivity index is 2.94. The number of aliphatic hydroxyl groups excluding tert-OH is 1. The van der Waals surface area contributed by atoms with Crippen LogP contribution in [-0.4, -0.2) is 24.9 Å². The van der Waals surface area contributed by atoms with Crippen molar-refractivity contribution >= 4 is 9.84 Å². The first-order valence-electron chi connectivity index (χ1n) is 4.91. The molecule has 0 heterocycles. The van der Waals surface area contributed by atoms with Gasteiger partial charge in [0.2, 0.25) is 0 Å². The van der Waals surface area contributed by atoms with Crippen molar-refractivity contribution in [1.29, 1.82) is 0 Å². The molecule has 0 saturated carbocycles. The van der Waals surface area contributed by atoms with Crippen molar-refractivity contribution in [2.75, 3.05) is 0 Å². The maximum absolute atomic E-state index is 12.0. The second-order valence-electron chi connectivity index (χ2n) is 3.75. The van der Waals surface area contributed by atoms with E-state index in [2.05, 4.69) is 0 Å². The summed E-state index contributed by atoms with van der Waals surface area (Å²) in [7, 11) is -3.29. The molecule has 0 aliphatic rings. The smallest absolute Gasteiger partial charge is 0.181 e. The molecule has 0 saturated heterocycles. The summed E-state index contributed by atoms with van der Waals surface area (Å²) in [5.41, 5.74) is 0. The minimum Gasteiger partial charge on any atom is -0.393 e. The van der Waals surface area contributed by atoms with Crippen LogP contribution in [0.5, 0.6) is 0 Å². The highest BCUT2D eigenvalue weighted by Gasteiger charge is 2.23. The zero-order valence-corrected chi connectivity index (χ0v) is 9.74. The first-order valence-corrected chi connectivity index (χ1v) is 6.46. The Kier molecular flexibility index (Phi) is 3.88. The normalized spacial score (nSPS) is 15.9. The summed E-state index contributed by atoms with van der Waals surface area (Å²) < 4.78 is 23.9. The topological polar surface area (TPSA) is 54.4 Å². The van der Waals surface area contributed by atoms with Crippen LogP contribution in [0.15, 0.2) is 35.2 Å². The number of hydrogen-bond donors (Lipinski definition) is 1. The molecular formula is C11H16O3S. The summed E-state index contributed by atoms with van der Waals surface area (Å²) in [6, 6.07) is 8.32. The highest BCUT2D eigenvalue weighted by Crippen LogP contribution is 2.18. The summed E-state index contributed by atoms with van der Waals surface area (Å²) >= 11 is 0. The molecule has 0 amide bonds. The summed E-state index contributed by atoms with van der Waals surface area (Å²) in [6.07, 6.45) is -0.337. The minimum atomic E-state index is -3.29. The molecule has 84 valence electrons. The first kappa shape index (κ1) is 12.2. The Labute approximate surface area is 90.7 Å². The Morgan fingerprint density at radius 3 is 2.20 bits per heavy atom. The number of hydrogen-bond acceptors (Lipinski definition) is 3. The summed E-state index contributed by atoms with van der Waals surface area (Å²) in [4.78, 5) is 0.318. The lowest BCUT2D eigenvalue weighted by atomic mass is 10.2. The predicted molar refractivity (Wildman–Crippen MR) is 59.4 cm³/mol. The van der Waals surface area contributed by atoms with Gasteiger partial charge in [-0.3, -0.25) is 0 Å². The van der Waals surface area contributed by atoms with E-state index in [0.717, 1.165) is 0 Å². The van der Waals surface area contributed by atoms with Crippen molar-refractivity contribution in [3.05, 3.63) is 30.3 Å². The zero-order chi connectivity index (χ0) is 11.5. The molecule has 1 aromatic carbocycles. The maximum atomic E-state index is 12.0. The van der Waals surface area contributed by atoms with Crippen LogP contribution in [0, 0.1) is 0 Å². The number of benzene rings is 1. The molecule has 0 radical (unpaired) electrons. The lowest BCUT2D eigenvalue weighted by Gasteiger charge is -2.14. The number of rotatable bonds is 4. The van der Waals surface area contributed by atoms with Crippen LogP contribution >= 0.6 is 0 Å². The van der Waals surface area contributed by atoms with Crippen LogP contribution in [0.25, 0.3) is 0 Å². The monoisotopic (exact) mass is 228 g/mol. The van der Waals surface area contributed by atoms with E-state index < -0.39 is 21.2 Å². The fourth-order valence-electron chi connectivity index (χ4n) is 1.45. The second-order valence-corrected chi connectivity index (χ2v) is 6.12. The van der Waals surface area contributed by atoms with Gasteiger partial charge in [-0.25, -0.2) is 8.42 Å². The van der Waals surface area contributed by atoms with Crippen molar-refractivity contribution in [2.45, 2.75) is 36.5 Å². The van der Waals surface area contributed by atoms with E-state index in [4.69, 9.17) is 5.11 Å². The molecule has 0 aliphatic carbocycles. The first-order chi connectivity index (χ1) is 6.94. The van der Waals surface area contributed by atoms with Crippen LogP contribution in [0.2, 0.25) is 0 Å². The van der Waals surface area contributed by atoms with Crippen molar-refractivity contribution in [2.24, 2.45) is 0 Å². The highest BCUT2D eigenvalue weighted by molar-refractivity contribution is 7.92. The quantitative estimate of drug-likeness (QED) is 0.852. The molecule has 0 spiro atoms. The van der Waals surface area contributed by atoms with Gasteiger partial charge >= 0.3 is 0 Å². The van der Waals surface area contributed by atoms with E-state index in [-0.39, 0.29) is 6.42 Å². The lowest BCUT2D eigenvalue weighted by Crippen LogP contribution is -2.22. The minimum absolute atomic E-state index is 0.261. The molecule has 3 nitrogen and oxygen atoms in total. The van der Waals surface area contributed by atoms with E-state index in [1.54, 1.807) is 44.2 Å². The van der Waals surface area contributed by atoms with Crippen molar-refractivity contribution in [3.8, 4) is 0 Å². The van der Waals surface area contributed by atoms with Gasteiger partial charge < -0.3 is 5.11 Å². The van der Waals surface area contributed by atoms with Crippen molar-refractivity contribution in [1.82, 2.24) is 0 Å². The average Bonchev–Trinajstić information content (AvgIpc) is 2.18. The van der Waals surface area contributed by atoms with Crippen LogP contribution in [-0.2, 0) is 9.84 Å². The molecule has 0 bridgehead atoms. The van der Waals surface area contributed by atoms with Crippen LogP contribution in [0.4, 0.5) is 0 Å². The fraction of sp³-hybridized carbons (Fsp3) is 0.455. The van der Waals surface area contributed by atoms with Gasteiger partial charge in [0.25, 0.3) is 0 Å². The molecule has 4 heteroatoms. The summed E-state index contributed by atoms with van der Waals surface area (Å²) in [5.74, 6) is 0. The number of aliphatic hydroxyl groups is 1. The molecular weight excluding hydrogens is 212 g/mol. The van der Waals surface area contributed by atoms with Crippen LogP contribution in [0.3, 0.4) is 0 Å². The Morgan fingerprint density at radius 2 is 1.73 bits per heavy atom. The zero-order valence-electron chi connectivity index (χ0n) is 8.92. The Morgan fingerprint density at radius 1 is 1.20 bits per heavy atom. The molecule has 0 aromatic heterocycles. The third kappa shape index (κ3) is 3.04. The van der Waals surface area contributed by atoms with E-state index in [1.165, 1.54) is 0 Å². The summed E-state index contributed by atoms with van der Waals surface area (Å²) in [6.45, 7) is 3.21. The Bertz CT molecular complexity index is 395. The van der Waals surface area contributed by atoms with Gasteiger partial charge in [0.1, 0.15) is 0 Å².